The third-order valence-corrected chi connectivity index (χ3v) is 10.5. The number of hydrogen-bond acceptors (Lipinski definition) is 4. The molecule has 4 rings (SSSR count). The van der Waals surface area contributed by atoms with Gasteiger partial charge in [-0.15, -0.1) is 45.3 Å². The van der Waals surface area contributed by atoms with Gasteiger partial charge in [0.05, 0.1) is 0 Å². The standard InChI is InChI=1S/C30H36S4/c1-5-9-21-13-17-25(31-21)29(26-18-14-22(32-26)10-6-2)30(27-19-15-23(33-27)11-7-3)28-20-16-24(34-28)12-8-4/h13-20H,5-12H2,1-4H3. The lowest BCUT2D eigenvalue weighted by Crippen LogP contribution is -1.90. The molecule has 4 heteroatoms. The quantitative estimate of drug-likeness (QED) is 0.173. The Morgan fingerprint density at radius 1 is 0.412 bits per heavy atom. The van der Waals surface area contributed by atoms with Gasteiger partial charge in [-0.1, -0.05) is 53.4 Å². The average molecular weight is 525 g/mol. The minimum Gasteiger partial charge on any atom is -0.140 e. The van der Waals surface area contributed by atoms with Gasteiger partial charge in [0.15, 0.2) is 0 Å². The van der Waals surface area contributed by atoms with Crippen molar-refractivity contribution in [3.05, 3.63) is 87.5 Å². The Morgan fingerprint density at radius 2 is 0.647 bits per heavy atom. The van der Waals surface area contributed by atoms with Crippen molar-refractivity contribution in [1.29, 1.82) is 0 Å². The molecule has 0 saturated carbocycles. The summed E-state index contributed by atoms with van der Waals surface area (Å²) in [5.74, 6) is 0. The molecule has 4 heterocycles. The first-order valence-corrected chi connectivity index (χ1v) is 16.0. The molecule has 0 unspecified atom stereocenters. The highest BCUT2D eigenvalue weighted by Gasteiger charge is 2.22. The second-order valence-electron chi connectivity index (χ2n) is 8.81. The van der Waals surface area contributed by atoms with Gasteiger partial charge in [-0.2, -0.15) is 0 Å². The second kappa shape index (κ2) is 12.5. The highest BCUT2D eigenvalue weighted by atomic mass is 32.1. The normalized spacial score (nSPS) is 11.3. The summed E-state index contributed by atoms with van der Waals surface area (Å²) < 4.78 is 0. The molecule has 0 aromatic carbocycles. The molecule has 0 spiro atoms. The zero-order valence-electron chi connectivity index (χ0n) is 20.9. The van der Waals surface area contributed by atoms with Gasteiger partial charge in [-0.05, 0) is 74.2 Å². The zero-order valence-corrected chi connectivity index (χ0v) is 24.2. The Morgan fingerprint density at radius 3 is 0.853 bits per heavy atom. The maximum absolute atomic E-state index is 2.38. The first-order valence-electron chi connectivity index (χ1n) is 12.8. The molecule has 0 aliphatic rings. The van der Waals surface area contributed by atoms with E-state index in [2.05, 4.69) is 76.2 Å². The zero-order chi connectivity index (χ0) is 23.9. The summed E-state index contributed by atoms with van der Waals surface area (Å²) in [4.78, 5) is 11.6. The van der Waals surface area contributed by atoms with E-state index in [-0.39, 0.29) is 0 Å². The van der Waals surface area contributed by atoms with Crippen LogP contribution in [-0.2, 0) is 25.7 Å². The van der Waals surface area contributed by atoms with E-state index in [1.165, 1.54) is 75.8 Å². The lowest BCUT2D eigenvalue weighted by atomic mass is 10.0. The second-order valence-corrected chi connectivity index (χ2v) is 13.5. The first-order chi connectivity index (χ1) is 16.7. The van der Waals surface area contributed by atoms with Crippen LogP contribution in [0.25, 0.3) is 11.1 Å². The number of hydrogen-bond donors (Lipinski definition) is 0. The largest absolute Gasteiger partial charge is 0.140 e. The van der Waals surface area contributed by atoms with Gasteiger partial charge in [0, 0.05) is 50.2 Å². The van der Waals surface area contributed by atoms with Crippen molar-refractivity contribution >= 4 is 56.5 Å². The smallest absolute Gasteiger partial charge is 0.0366 e. The van der Waals surface area contributed by atoms with Crippen molar-refractivity contribution < 1.29 is 0 Å². The van der Waals surface area contributed by atoms with E-state index in [1.54, 1.807) is 0 Å². The third kappa shape index (κ3) is 6.02. The molecule has 4 aromatic rings. The van der Waals surface area contributed by atoms with Crippen molar-refractivity contribution in [2.24, 2.45) is 0 Å². The molecule has 0 amide bonds. The molecule has 0 aliphatic heterocycles. The lowest BCUT2D eigenvalue weighted by Gasteiger charge is -2.12. The van der Waals surface area contributed by atoms with Crippen LogP contribution < -0.4 is 0 Å². The van der Waals surface area contributed by atoms with Crippen LogP contribution in [0.1, 0.15) is 92.4 Å². The molecular formula is C30H36S4. The molecule has 0 aliphatic carbocycles. The van der Waals surface area contributed by atoms with Gasteiger partial charge in [0.25, 0.3) is 0 Å². The topological polar surface area (TPSA) is 0 Å². The monoisotopic (exact) mass is 524 g/mol. The maximum Gasteiger partial charge on any atom is 0.0366 e. The lowest BCUT2D eigenvalue weighted by molar-refractivity contribution is 0.940. The summed E-state index contributed by atoms with van der Waals surface area (Å²) in [5.41, 5.74) is 2.88. The fourth-order valence-electron chi connectivity index (χ4n) is 4.31. The van der Waals surface area contributed by atoms with Crippen molar-refractivity contribution in [3.63, 3.8) is 0 Å². The highest BCUT2D eigenvalue weighted by molar-refractivity contribution is 7.18. The van der Waals surface area contributed by atoms with Crippen molar-refractivity contribution in [2.45, 2.75) is 79.1 Å². The Bertz CT molecular complexity index is 1020. The van der Waals surface area contributed by atoms with Crippen LogP contribution in [0.3, 0.4) is 0 Å². The first kappa shape index (κ1) is 25.6. The van der Waals surface area contributed by atoms with Crippen LogP contribution in [0.2, 0.25) is 0 Å². The van der Waals surface area contributed by atoms with E-state index in [0.29, 0.717) is 0 Å². The molecule has 0 N–H and O–H groups in total. The molecular weight excluding hydrogens is 489 g/mol. The summed E-state index contributed by atoms with van der Waals surface area (Å²) in [7, 11) is 0. The molecule has 180 valence electrons. The summed E-state index contributed by atoms with van der Waals surface area (Å²) >= 11 is 7.97. The van der Waals surface area contributed by atoms with E-state index in [9.17, 15) is 0 Å². The Balaban J connectivity index is 1.95. The van der Waals surface area contributed by atoms with Crippen LogP contribution >= 0.6 is 45.3 Å². The van der Waals surface area contributed by atoms with Gasteiger partial charge in [0.1, 0.15) is 0 Å². The van der Waals surface area contributed by atoms with Crippen LogP contribution in [-0.4, -0.2) is 0 Å². The maximum atomic E-state index is 2.38. The minimum absolute atomic E-state index is 1.16. The molecule has 0 radical (unpaired) electrons. The molecule has 0 atom stereocenters. The predicted octanol–water partition coefficient (Wildman–Crippen LogP) is 10.7. The molecule has 4 aromatic heterocycles. The minimum atomic E-state index is 1.16. The van der Waals surface area contributed by atoms with Crippen LogP contribution in [0.4, 0.5) is 0 Å². The van der Waals surface area contributed by atoms with Gasteiger partial charge in [0.2, 0.25) is 0 Å². The Labute approximate surface area is 222 Å². The molecule has 0 fully saturated rings. The molecule has 0 saturated heterocycles. The Hall–Kier alpha value is -1.46. The summed E-state index contributed by atoms with van der Waals surface area (Å²) in [6.07, 6.45) is 9.45. The van der Waals surface area contributed by atoms with E-state index in [4.69, 9.17) is 0 Å². The van der Waals surface area contributed by atoms with Crippen molar-refractivity contribution in [2.75, 3.05) is 0 Å². The van der Waals surface area contributed by atoms with Crippen molar-refractivity contribution in [3.8, 4) is 0 Å². The van der Waals surface area contributed by atoms with Crippen LogP contribution in [0.5, 0.6) is 0 Å². The van der Waals surface area contributed by atoms with Gasteiger partial charge in [-0.3, -0.25) is 0 Å². The SMILES string of the molecule is CCCc1ccc(C(=C(c2ccc(CCC)s2)c2ccc(CCC)s2)c2ccc(CCC)s2)s1. The Kier molecular flexibility index (Phi) is 9.41. The molecule has 34 heavy (non-hydrogen) atoms. The van der Waals surface area contributed by atoms with Crippen molar-refractivity contribution in [1.82, 2.24) is 0 Å². The fourth-order valence-corrected chi connectivity index (χ4v) is 9.14. The van der Waals surface area contributed by atoms with E-state index >= 15 is 0 Å². The third-order valence-electron chi connectivity index (χ3n) is 5.87. The predicted molar refractivity (Wildman–Crippen MR) is 158 cm³/mol. The highest BCUT2D eigenvalue weighted by Crippen LogP contribution is 2.45. The van der Waals surface area contributed by atoms with Gasteiger partial charge >= 0.3 is 0 Å². The summed E-state index contributed by atoms with van der Waals surface area (Å²) in [6, 6.07) is 18.9. The van der Waals surface area contributed by atoms with E-state index in [1.807, 2.05) is 45.3 Å². The van der Waals surface area contributed by atoms with Crippen LogP contribution in [0, 0.1) is 0 Å². The number of aryl methyl sites for hydroxylation is 4. The van der Waals surface area contributed by atoms with E-state index < -0.39 is 0 Å². The summed E-state index contributed by atoms with van der Waals surface area (Å²) in [5, 5.41) is 0. The molecule has 0 nitrogen and oxygen atoms in total. The van der Waals surface area contributed by atoms with Gasteiger partial charge < -0.3 is 0 Å². The number of thiophene rings is 4. The van der Waals surface area contributed by atoms with Crippen LogP contribution in [0.15, 0.2) is 48.5 Å². The fraction of sp³-hybridized carbons (Fsp3) is 0.400. The average Bonchev–Trinajstić information content (AvgIpc) is 3.62. The molecule has 0 bridgehead atoms. The number of rotatable bonds is 12. The van der Waals surface area contributed by atoms with Gasteiger partial charge in [-0.25, -0.2) is 0 Å². The van der Waals surface area contributed by atoms with E-state index in [0.717, 1.165) is 25.7 Å². The summed E-state index contributed by atoms with van der Waals surface area (Å²) in [6.45, 7) is 9.11.